The number of nitrogens with zero attached hydrogens (tertiary/aromatic N) is 1. The number of rotatable bonds is 4. The lowest BCUT2D eigenvalue weighted by Gasteiger charge is -2.21. The van der Waals surface area contributed by atoms with Crippen LogP contribution in [0.4, 0.5) is 11.4 Å². The average Bonchev–Trinajstić information content (AvgIpc) is 3.03. The van der Waals surface area contributed by atoms with Gasteiger partial charge in [0.15, 0.2) is 0 Å². The van der Waals surface area contributed by atoms with E-state index in [2.05, 4.69) is 10.2 Å². The Balaban J connectivity index is 0.00000156. The standard InChI is InChI=1S/C18H21N3O2.2ClH/c1-23-17-9-5-4-8-16(17)21-11-10-13(12-21)20-18(22)14-6-2-3-7-15(14)19;;/h2-9,13H,10-12,19H2,1H3,(H,20,22);2*1H. The van der Waals surface area contributed by atoms with E-state index in [-0.39, 0.29) is 36.8 Å². The highest BCUT2D eigenvalue weighted by molar-refractivity contribution is 5.99. The van der Waals surface area contributed by atoms with Crippen LogP contribution < -0.4 is 20.7 Å². The molecule has 0 bridgehead atoms. The third-order valence-corrected chi connectivity index (χ3v) is 4.15. The summed E-state index contributed by atoms with van der Waals surface area (Å²) in [7, 11) is 1.67. The van der Waals surface area contributed by atoms with Gasteiger partial charge in [-0.1, -0.05) is 24.3 Å². The van der Waals surface area contributed by atoms with Gasteiger partial charge in [0.05, 0.1) is 18.4 Å². The summed E-state index contributed by atoms with van der Waals surface area (Å²) in [5.41, 5.74) is 7.96. The summed E-state index contributed by atoms with van der Waals surface area (Å²) in [4.78, 5) is 14.6. The molecule has 1 atom stereocenters. The van der Waals surface area contributed by atoms with Crippen molar-refractivity contribution in [3.63, 3.8) is 0 Å². The number of carbonyl (C=O) groups is 1. The molecule has 7 heteroatoms. The van der Waals surface area contributed by atoms with Crippen LogP contribution in [0.25, 0.3) is 0 Å². The molecule has 1 aliphatic heterocycles. The number of nitrogens with two attached hydrogens (primary N) is 1. The van der Waals surface area contributed by atoms with E-state index < -0.39 is 0 Å². The van der Waals surface area contributed by atoms with E-state index in [0.717, 1.165) is 30.9 Å². The number of halogens is 2. The van der Waals surface area contributed by atoms with Crippen molar-refractivity contribution < 1.29 is 9.53 Å². The van der Waals surface area contributed by atoms with Gasteiger partial charge in [0, 0.05) is 24.8 Å². The zero-order valence-corrected chi connectivity index (χ0v) is 15.6. The topological polar surface area (TPSA) is 67.6 Å². The lowest BCUT2D eigenvalue weighted by molar-refractivity contribution is 0.0941. The molecule has 1 heterocycles. The second-order valence-corrected chi connectivity index (χ2v) is 5.66. The molecular formula is C18H23Cl2N3O2. The molecule has 1 unspecified atom stereocenters. The zero-order valence-electron chi connectivity index (χ0n) is 14.0. The zero-order chi connectivity index (χ0) is 16.2. The highest BCUT2D eigenvalue weighted by Crippen LogP contribution is 2.30. The van der Waals surface area contributed by atoms with Crippen LogP contribution in [0.2, 0.25) is 0 Å². The Labute approximate surface area is 160 Å². The van der Waals surface area contributed by atoms with Crippen molar-refractivity contribution in [1.82, 2.24) is 5.32 Å². The SMILES string of the molecule is COc1ccccc1N1CCC(NC(=O)c2ccccc2N)C1.Cl.Cl. The van der Waals surface area contributed by atoms with Crippen LogP contribution in [0, 0.1) is 0 Å². The Morgan fingerprint density at radius 1 is 1.16 bits per heavy atom. The largest absolute Gasteiger partial charge is 0.495 e. The van der Waals surface area contributed by atoms with Gasteiger partial charge in [-0.3, -0.25) is 4.79 Å². The van der Waals surface area contributed by atoms with Gasteiger partial charge in [0.25, 0.3) is 5.91 Å². The molecule has 0 saturated carbocycles. The highest BCUT2D eigenvalue weighted by atomic mass is 35.5. The van der Waals surface area contributed by atoms with Crippen LogP contribution in [-0.4, -0.2) is 32.1 Å². The average molecular weight is 384 g/mol. The van der Waals surface area contributed by atoms with Crippen LogP contribution in [0.15, 0.2) is 48.5 Å². The summed E-state index contributed by atoms with van der Waals surface area (Å²) >= 11 is 0. The van der Waals surface area contributed by atoms with Crippen LogP contribution in [-0.2, 0) is 0 Å². The fraction of sp³-hybridized carbons (Fsp3) is 0.278. The number of nitrogen functional groups attached to an aromatic ring is 1. The number of amides is 1. The summed E-state index contributed by atoms with van der Waals surface area (Å²) in [5.74, 6) is 0.738. The summed E-state index contributed by atoms with van der Waals surface area (Å²) < 4.78 is 5.41. The molecule has 2 aromatic carbocycles. The lowest BCUT2D eigenvalue weighted by Crippen LogP contribution is -2.37. The minimum absolute atomic E-state index is 0. The van der Waals surface area contributed by atoms with Crippen molar-refractivity contribution in [1.29, 1.82) is 0 Å². The van der Waals surface area contributed by atoms with Crippen molar-refractivity contribution in [2.45, 2.75) is 12.5 Å². The number of hydrogen-bond donors (Lipinski definition) is 2. The predicted molar refractivity (Wildman–Crippen MR) is 106 cm³/mol. The number of ether oxygens (including phenoxy) is 1. The first-order valence-corrected chi connectivity index (χ1v) is 7.72. The third kappa shape index (κ3) is 4.71. The van der Waals surface area contributed by atoms with E-state index in [1.54, 1.807) is 19.2 Å². The fourth-order valence-electron chi connectivity index (χ4n) is 2.95. The Hall–Kier alpha value is -2.11. The van der Waals surface area contributed by atoms with E-state index in [4.69, 9.17) is 10.5 Å². The van der Waals surface area contributed by atoms with Crippen LogP contribution in [0.3, 0.4) is 0 Å². The molecule has 3 N–H and O–H groups in total. The van der Waals surface area contributed by atoms with E-state index in [0.29, 0.717) is 11.3 Å². The molecule has 0 radical (unpaired) electrons. The highest BCUT2D eigenvalue weighted by Gasteiger charge is 2.26. The van der Waals surface area contributed by atoms with Gasteiger partial charge in [-0.25, -0.2) is 0 Å². The van der Waals surface area contributed by atoms with Crippen molar-refractivity contribution in [2.24, 2.45) is 0 Å². The number of hydrogen-bond acceptors (Lipinski definition) is 4. The van der Waals surface area contributed by atoms with Gasteiger partial charge in [0.2, 0.25) is 0 Å². The van der Waals surface area contributed by atoms with Gasteiger partial charge in [-0.15, -0.1) is 24.8 Å². The molecule has 136 valence electrons. The van der Waals surface area contributed by atoms with E-state index in [9.17, 15) is 4.79 Å². The Morgan fingerprint density at radius 2 is 1.84 bits per heavy atom. The maximum Gasteiger partial charge on any atom is 0.253 e. The first kappa shape index (κ1) is 20.9. The Bertz CT molecular complexity index is 712. The van der Waals surface area contributed by atoms with Crippen molar-refractivity contribution in [3.05, 3.63) is 54.1 Å². The number of methoxy groups -OCH3 is 1. The summed E-state index contributed by atoms with van der Waals surface area (Å²) in [6.45, 7) is 1.65. The van der Waals surface area contributed by atoms with Crippen LogP contribution >= 0.6 is 24.8 Å². The summed E-state index contributed by atoms with van der Waals surface area (Å²) in [6.07, 6.45) is 0.899. The van der Waals surface area contributed by atoms with E-state index in [1.165, 1.54) is 0 Å². The minimum atomic E-state index is -0.116. The van der Waals surface area contributed by atoms with E-state index in [1.807, 2.05) is 36.4 Å². The molecule has 0 aliphatic carbocycles. The quantitative estimate of drug-likeness (QED) is 0.795. The molecule has 1 amide bonds. The molecule has 2 aromatic rings. The second-order valence-electron chi connectivity index (χ2n) is 5.66. The third-order valence-electron chi connectivity index (χ3n) is 4.15. The van der Waals surface area contributed by atoms with Crippen LogP contribution in [0.5, 0.6) is 5.75 Å². The number of benzene rings is 2. The van der Waals surface area contributed by atoms with Crippen molar-refractivity contribution >= 4 is 42.1 Å². The summed E-state index contributed by atoms with van der Waals surface area (Å²) in [5, 5.41) is 3.07. The number of nitrogens with one attached hydrogen (secondary N) is 1. The first-order chi connectivity index (χ1) is 11.2. The maximum absolute atomic E-state index is 12.4. The van der Waals surface area contributed by atoms with Gasteiger partial charge in [-0.05, 0) is 30.7 Å². The molecule has 5 nitrogen and oxygen atoms in total. The molecule has 1 fully saturated rings. The molecule has 0 spiro atoms. The minimum Gasteiger partial charge on any atom is -0.495 e. The van der Waals surface area contributed by atoms with Gasteiger partial charge < -0.3 is 20.7 Å². The molecule has 3 rings (SSSR count). The molecule has 1 saturated heterocycles. The molecule has 0 aromatic heterocycles. The lowest BCUT2D eigenvalue weighted by atomic mass is 10.1. The van der Waals surface area contributed by atoms with E-state index >= 15 is 0 Å². The number of para-hydroxylation sites is 3. The molecular weight excluding hydrogens is 361 g/mol. The van der Waals surface area contributed by atoms with Gasteiger partial charge in [-0.2, -0.15) is 0 Å². The molecule has 1 aliphatic rings. The summed E-state index contributed by atoms with van der Waals surface area (Å²) in [6, 6.07) is 15.2. The van der Waals surface area contributed by atoms with Crippen molar-refractivity contribution in [2.75, 3.05) is 30.8 Å². The van der Waals surface area contributed by atoms with Gasteiger partial charge >= 0.3 is 0 Å². The monoisotopic (exact) mass is 383 g/mol. The maximum atomic E-state index is 12.4. The second kappa shape index (κ2) is 9.39. The Morgan fingerprint density at radius 3 is 2.56 bits per heavy atom. The van der Waals surface area contributed by atoms with Crippen molar-refractivity contribution in [3.8, 4) is 5.75 Å². The predicted octanol–water partition coefficient (Wildman–Crippen LogP) is 3.13. The Kier molecular flexibility index (Phi) is 7.87. The van der Waals surface area contributed by atoms with Crippen LogP contribution in [0.1, 0.15) is 16.8 Å². The fourth-order valence-corrected chi connectivity index (χ4v) is 2.95. The number of carbonyl (C=O) groups excluding carboxylic acids is 1. The molecule has 25 heavy (non-hydrogen) atoms. The van der Waals surface area contributed by atoms with Gasteiger partial charge in [0.1, 0.15) is 5.75 Å². The number of anilines is 2. The normalized spacial score (nSPS) is 15.7. The smallest absolute Gasteiger partial charge is 0.253 e. The first-order valence-electron chi connectivity index (χ1n) is 7.72.